The summed E-state index contributed by atoms with van der Waals surface area (Å²) >= 11 is 1.57. The summed E-state index contributed by atoms with van der Waals surface area (Å²) in [5, 5.41) is 10.5. The molecule has 0 radical (unpaired) electrons. The first kappa shape index (κ1) is 13.4. The van der Waals surface area contributed by atoms with Gasteiger partial charge in [0.2, 0.25) is 5.88 Å². The van der Waals surface area contributed by atoms with Gasteiger partial charge in [0.05, 0.1) is 12.7 Å². The zero-order valence-corrected chi connectivity index (χ0v) is 12.0. The highest BCUT2D eigenvalue weighted by atomic mass is 32.1. The van der Waals surface area contributed by atoms with E-state index in [2.05, 4.69) is 10.5 Å². The molecule has 3 rings (SSSR count). The molecule has 2 aromatic heterocycles. The first-order valence-corrected chi connectivity index (χ1v) is 7.16. The molecule has 0 aliphatic carbocycles. The maximum absolute atomic E-state index is 12.2. The molecular formula is C15H12N2O3S. The third kappa shape index (κ3) is 2.80. The monoisotopic (exact) mass is 300 g/mol. The lowest BCUT2D eigenvalue weighted by atomic mass is 10.2. The van der Waals surface area contributed by atoms with Crippen LogP contribution in [-0.2, 0) is 0 Å². The number of rotatable bonds is 4. The van der Waals surface area contributed by atoms with Gasteiger partial charge in [0.25, 0.3) is 5.91 Å². The van der Waals surface area contributed by atoms with Gasteiger partial charge in [-0.3, -0.25) is 10.1 Å². The molecule has 0 unspecified atom stereocenters. The minimum Gasteiger partial charge on any atom is -0.496 e. The minimum atomic E-state index is -0.305. The second kappa shape index (κ2) is 5.80. The fourth-order valence-electron chi connectivity index (χ4n) is 1.89. The molecule has 1 N–H and O–H groups in total. The van der Waals surface area contributed by atoms with Gasteiger partial charge >= 0.3 is 0 Å². The largest absolute Gasteiger partial charge is 0.496 e. The molecule has 2 heterocycles. The summed E-state index contributed by atoms with van der Waals surface area (Å²) in [6, 6.07) is 10.6. The van der Waals surface area contributed by atoms with Crippen molar-refractivity contribution in [1.82, 2.24) is 5.16 Å². The number of amides is 1. The van der Waals surface area contributed by atoms with Gasteiger partial charge in [-0.15, -0.1) is 0 Å². The average molecular weight is 300 g/mol. The second-order valence-electron chi connectivity index (χ2n) is 4.24. The van der Waals surface area contributed by atoms with E-state index in [4.69, 9.17) is 9.26 Å². The van der Waals surface area contributed by atoms with E-state index in [1.54, 1.807) is 41.7 Å². The third-order valence-corrected chi connectivity index (χ3v) is 3.60. The third-order valence-electron chi connectivity index (χ3n) is 2.92. The van der Waals surface area contributed by atoms with Gasteiger partial charge in [0.15, 0.2) is 0 Å². The van der Waals surface area contributed by atoms with Crippen molar-refractivity contribution in [2.45, 2.75) is 0 Å². The van der Waals surface area contributed by atoms with E-state index in [0.29, 0.717) is 22.9 Å². The molecule has 0 spiro atoms. The van der Waals surface area contributed by atoms with E-state index in [0.717, 1.165) is 5.56 Å². The molecule has 0 fully saturated rings. The molecule has 0 saturated heterocycles. The molecule has 1 aromatic carbocycles. The summed E-state index contributed by atoms with van der Waals surface area (Å²) in [6.07, 6.45) is 0. The number of anilines is 1. The predicted molar refractivity (Wildman–Crippen MR) is 80.8 cm³/mol. The highest BCUT2D eigenvalue weighted by molar-refractivity contribution is 7.08. The van der Waals surface area contributed by atoms with Gasteiger partial charge in [-0.1, -0.05) is 17.3 Å². The second-order valence-corrected chi connectivity index (χ2v) is 5.02. The smallest absolute Gasteiger partial charge is 0.261 e. The summed E-state index contributed by atoms with van der Waals surface area (Å²) in [5.41, 5.74) is 2.08. The zero-order chi connectivity index (χ0) is 14.7. The van der Waals surface area contributed by atoms with Crippen molar-refractivity contribution in [2.24, 2.45) is 0 Å². The summed E-state index contributed by atoms with van der Waals surface area (Å²) in [7, 11) is 1.52. The van der Waals surface area contributed by atoms with Crippen molar-refractivity contribution in [1.29, 1.82) is 0 Å². The molecule has 21 heavy (non-hydrogen) atoms. The number of carbonyl (C=O) groups excluding carboxylic acids is 1. The molecule has 0 bridgehead atoms. The molecule has 0 atom stereocenters. The number of hydrogen-bond acceptors (Lipinski definition) is 5. The molecule has 0 aliphatic rings. The normalized spacial score (nSPS) is 10.3. The van der Waals surface area contributed by atoms with Crippen molar-refractivity contribution in [3.63, 3.8) is 0 Å². The van der Waals surface area contributed by atoms with Crippen LogP contribution in [0.4, 0.5) is 5.88 Å². The molecule has 106 valence electrons. The summed E-state index contributed by atoms with van der Waals surface area (Å²) in [5.74, 6) is 0.500. The van der Waals surface area contributed by atoms with Gasteiger partial charge in [-0.25, -0.2) is 0 Å². The summed E-state index contributed by atoms with van der Waals surface area (Å²) in [4.78, 5) is 12.2. The maximum Gasteiger partial charge on any atom is 0.261 e. The van der Waals surface area contributed by atoms with E-state index in [-0.39, 0.29) is 5.91 Å². The molecule has 0 aliphatic heterocycles. The number of para-hydroxylation sites is 1. The molecule has 1 amide bonds. The van der Waals surface area contributed by atoms with E-state index in [9.17, 15) is 4.79 Å². The lowest BCUT2D eigenvalue weighted by Crippen LogP contribution is -2.12. The number of nitrogens with zero attached hydrogens (tertiary/aromatic N) is 1. The SMILES string of the molecule is COc1ccccc1C(=O)Nc1cc(-c2ccsc2)no1. The van der Waals surface area contributed by atoms with Crippen LogP contribution in [-0.4, -0.2) is 18.2 Å². The number of hydrogen-bond donors (Lipinski definition) is 1. The lowest BCUT2D eigenvalue weighted by molar-refractivity contribution is 0.102. The van der Waals surface area contributed by atoms with E-state index in [1.165, 1.54) is 7.11 Å². The van der Waals surface area contributed by atoms with Crippen LogP contribution in [0.15, 0.2) is 51.7 Å². The lowest BCUT2D eigenvalue weighted by Gasteiger charge is -2.06. The Balaban J connectivity index is 1.79. The van der Waals surface area contributed by atoms with Crippen molar-refractivity contribution >= 4 is 23.1 Å². The Bertz CT molecular complexity index is 750. The van der Waals surface area contributed by atoms with Crippen LogP contribution in [0.3, 0.4) is 0 Å². The molecule has 0 saturated carbocycles. The predicted octanol–water partition coefficient (Wildman–Crippen LogP) is 3.66. The molecule has 5 nitrogen and oxygen atoms in total. The van der Waals surface area contributed by atoms with Crippen molar-refractivity contribution in [3.05, 3.63) is 52.7 Å². The van der Waals surface area contributed by atoms with Crippen molar-refractivity contribution in [3.8, 4) is 17.0 Å². The average Bonchev–Trinajstić information content (AvgIpc) is 3.17. The Morgan fingerprint density at radius 3 is 2.95 bits per heavy atom. The summed E-state index contributed by atoms with van der Waals surface area (Å²) < 4.78 is 10.3. The van der Waals surface area contributed by atoms with Crippen LogP contribution in [0.5, 0.6) is 5.75 Å². The highest BCUT2D eigenvalue weighted by Crippen LogP contribution is 2.25. The van der Waals surface area contributed by atoms with Gasteiger partial charge in [-0.2, -0.15) is 11.3 Å². The van der Waals surface area contributed by atoms with Gasteiger partial charge in [0.1, 0.15) is 11.4 Å². The van der Waals surface area contributed by atoms with Crippen molar-refractivity contribution in [2.75, 3.05) is 12.4 Å². The van der Waals surface area contributed by atoms with Gasteiger partial charge < -0.3 is 9.26 Å². The first-order valence-electron chi connectivity index (χ1n) is 6.21. The molecular weight excluding hydrogens is 288 g/mol. The number of nitrogens with one attached hydrogen (secondary N) is 1. The minimum absolute atomic E-state index is 0.298. The number of methoxy groups -OCH3 is 1. The molecule has 6 heteroatoms. The maximum atomic E-state index is 12.2. The fourth-order valence-corrected chi connectivity index (χ4v) is 2.54. The number of ether oxygens (including phenoxy) is 1. The van der Waals surface area contributed by atoms with Crippen molar-refractivity contribution < 1.29 is 14.1 Å². The van der Waals surface area contributed by atoms with Crippen LogP contribution in [0.1, 0.15) is 10.4 Å². The van der Waals surface area contributed by atoms with Crippen LogP contribution < -0.4 is 10.1 Å². The fraction of sp³-hybridized carbons (Fsp3) is 0.0667. The first-order chi connectivity index (χ1) is 10.3. The topological polar surface area (TPSA) is 64.4 Å². The molecule has 3 aromatic rings. The van der Waals surface area contributed by atoms with Crippen LogP contribution >= 0.6 is 11.3 Å². The Hall–Kier alpha value is -2.60. The quantitative estimate of drug-likeness (QED) is 0.798. The Kier molecular flexibility index (Phi) is 3.70. The number of aromatic nitrogens is 1. The van der Waals surface area contributed by atoms with Gasteiger partial charge in [-0.05, 0) is 23.6 Å². The zero-order valence-electron chi connectivity index (χ0n) is 11.2. The van der Waals surface area contributed by atoms with E-state index in [1.807, 2.05) is 16.8 Å². The Morgan fingerprint density at radius 2 is 2.19 bits per heavy atom. The number of thiophene rings is 1. The highest BCUT2D eigenvalue weighted by Gasteiger charge is 2.14. The van der Waals surface area contributed by atoms with Gasteiger partial charge in [0, 0.05) is 17.0 Å². The number of benzene rings is 1. The van der Waals surface area contributed by atoms with Crippen LogP contribution in [0, 0.1) is 0 Å². The summed E-state index contributed by atoms with van der Waals surface area (Å²) in [6.45, 7) is 0. The Morgan fingerprint density at radius 1 is 1.33 bits per heavy atom. The van der Waals surface area contributed by atoms with E-state index < -0.39 is 0 Å². The van der Waals surface area contributed by atoms with Crippen LogP contribution in [0.2, 0.25) is 0 Å². The number of carbonyl (C=O) groups is 1. The Labute approximate surface area is 125 Å². The van der Waals surface area contributed by atoms with E-state index >= 15 is 0 Å². The standard InChI is InChI=1S/C15H12N2O3S/c1-19-13-5-3-2-4-11(13)15(18)16-14-8-12(17-20-14)10-6-7-21-9-10/h2-9H,1H3,(H,16,18). The van der Waals surface area contributed by atoms with Crippen LogP contribution in [0.25, 0.3) is 11.3 Å².